The Morgan fingerprint density at radius 3 is 2.50 bits per heavy atom. The van der Waals surface area contributed by atoms with Gasteiger partial charge in [0.1, 0.15) is 0 Å². The molecule has 2 fully saturated rings. The maximum atomic E-state index is 13.2. The third-order valence-corrected chi connectivity index (χ3v) is 5.03. The van der Waals surface area contributed by atoms with E-state index >= 15 is 0 Å². The lowest BCUT2D eigenvalue weighted by molar-refractivity contribution is -0.279. The number of alkyl halides is 3. The predicted molar refractivity (Wildman–Crippen MR) is 70.9 cm³/mol. The Morgan fingerprint density at radius 1 is 1.20 bits per heavy atom. The Balaban J connectivity index is 1.69. The number of likely N-dealkylation sites (tertiary alicyclic amines) is 1. The van der Waals surface area contributed by atoms with E-state index in [9.17, 15) is 13.2 Å². The van der Waals surface area contributed by atoms with Crippen LogP contribution in [0.4, 0.5) is 13.2 Å². The Labute approximate surface area is 116 Å². The smallest absolute Gasteiger partial charge is 0.330 e. The summed E-state index contributed by atoms with van der Waals surface area (Å²) in [5, 5.41) is 0. The standard InChI is InChI=1S/C15H19F3N2/c16-15(17,18)14(10-19)6-12-8-20(9-13(12)14)7-11-4-2-1-3-5-11/h1-5,12-13H,6-10,19H2. The number of fused-ring (bicyclic) bond motifs is 1. The van der Waals surface area contributed by atoms with E-state index in [4.69, 9.17) is 5.73 Å². The first-order valence-electron chi connectivity index (χ1n) is 6.99. The van der Waals surface area contributed by atoms with E-state index in [0.29, 0.717) is 6.54 Å². The van der Waals surface area contributed by atoms with Gasteiger partial charge in [-0.2, -0.15) is 13.2 Å². The molecule has 0 radical (unpaired) electrons. The second kappa shape index (κ2) is 4.74. The van der Waals surface area contributed by atoms with E-state index < -0.39 is 11.6 Å². The predicted octanol–water partition coefficient (Wildman–Crippen LogP) is 2.65. The number of halogens is 3. The van der Waals surface area contributed by atoms with Gasteiger partial charge in [-0.25, -0.2) is 0 Å². The summed E-state index contributed by atoms with van der Waals surface area (Å²) in [7, 11) is 0. The van der Waals surface area contributed by atoms with Gasteiger partial charge in [0.05, 0.1) is 5.41 Å². The molecule has 2 N–H and O–H groups in total. The summed E-state index contributed by atoms with van der Waals surface area (Å²) >= 11 is 0. The van der Waals surface area contributed by atoms with Gasteiger partial charge >= 0.3 is 6.18 Å². The molecule has 1 heterocycles. The number of benzene rings is 1. The molecule has 1 saturated carbocycles. The number of nitrogens with zero attached hydrogens (tertiary/aromatic N) is 1. The zero-order valence-electron chi connectivity index (χ0n) is 11.2. The first kappa shape index (κ1) is 13.9. The lowest BCUT2D eigenvalue weighted by atomic mass is 9.54. The van der Waals surface area contributed by atoms with Crippen molar-refractivity contribution in [3.63, 3.8) is 0 Å². The van der Waals surface area contributed by atoms with Gasteiger partial charge in [0.2, 0.25) is 0 Å². The molecule has 1 saturated heterocycles. The van der Waals surface area contributed by atoms with Gasteiger partial charge in [-0.15, -0.1) is 0 Å². The molecule has 1 aliphatic carbocycles. The van der Waals surface area contributed by atoms with Crippen LogP contribution in [0.1, 0.15) is 12.0 Å². The molecule has 0 spiro atoms. The van der Waals surface area contributed by atoms with Crippen LogP contribution in [0.2, 0.25) is 0 Å². The van der Waals surface area contributed by atoms with Gasteiger partial charge in [0, 0.05) is 26.2 Å². The molecule has 0 amide bonds. The number of hydrogen-bond acceptors (Lipinski definition) is 2. The Morgan fingerprint density at radius 2 is 1.90 bits per heavy atom. The van der Waals surface area contributed by atoms with E-state index in [-0.39, 0.29) is 24.8 Å². The SMILES string of the molecule is NCC1(C(F)(F)F)CC2CN(Cc3ccccc3)CC21. The summed E-state index contributed by atoms with van der Waals surface area (Å²) in [6, 6.07) is 9.89. The van der Waals surface area contributed by atoms with Gasteiger partial charge in [0.25, 0.3) is 0 Å². The van der Waals surface area contributed by atoms with Crippen LogP contribution in [0.5, 0.6) is 0 Å². The molecule has 3 atom stereocenters. The van der Waals surface area contributed by atoms with Crippen molar-refractivity contribution in [3.8, 4) is 0 Å². The van der Waals surface area contributed by atoms with E-state index in [2.05, 4.69) is 4.90 Å². The molecule has 1 aromatic rings. The molecule has 1 aromatic carbocycles. The van der Waals surface area contributed by atoms with E-state index in [1.54, 1.807) is 0 Å². The van der Waals surface area contributed by atoms with Crippen molar-refractivity contribution in [2.45, 2.75) is 19.1 Å². The van der Waals surface area contributed by atoms with Crippen molar-refractivity contribution in [2.24, 2.45) is 23.0 Å². The highest BCUT2D eigenvalue weighted by Gasteiger charge is 2.68. The Kier molecular flexibility index (Phi) is 3.29. The number of rotatable bonds is 3. The van der Waals surface area contributed by atoms with Gasteiger partial charge < -0.3 is 5.73 Å². The largest absolute Gasteiger partial charge is 0.396 e. The average molecular weight is 284 g/mol. The summed E-state index contributed by atoms with van der Waals surface area (Å²) in [6.45, 7) is 1.72. The van der Waals surface area contributed by atoms with Crippen molar-refractivity contribution in [3.05, 3.63) is 35.9 Å². The van der Waals surface area contributed by atoms with Crippen LogP contribution in [-0.4, -0.2) is 30.7 Å². The van der Waals surface area contributed by atoms with E-state index in [1.165, 1.54) is 0 Å². The lowest BCUT2D eigenvalue weighted by Gasteiger charge is -2.52. The molecule has 2 nitrogen and oxygen atoms in total. The number of hydrogen-bond donors (Lipinski definition) is 1. The molecule has 3 rings (SSSR count). The summed E-state index contributed by atoms with van der Waals surface area (Å²) < 4.78 is 39.7. The van der Waals surface area contributed by atoms with Crippen LogP contribution in [0, 0.1) is 17.3 Å². The summed E-state index contributed by atoms with van der Waals surface area (Å²) in [4.78, 5) is 2.13. The first-order valence-corrected chi connectivity index (χ1v) is 6.99. The molecule has 0 bridgehead atoms. The van der Waals surface area contributed by atoms with Crippen molar-refractivity contribution in [1.82, 2.24) is 4.90 Å². The summed E-state index contributed by atoms with van der Waals surface area (Å²) in [5.41, 5.74) is 4.99. The summed E-state index contributed by atoms with van der Waals surface area (Å²) in [6.07, 6.45) is -3.98. The Bertz CT molecular complexity index is 474. The van der Waals surface area contributed by atoms with Crippen LogP contribution in [0.3, 0.4) is 0 Å². The molecule has 3 unspecified atom stereocenters. The first-order chi connectivity index (χ1) is 9.46. The van der Waals surface area contributed by atoms with Crippen molar-refractivity contribution < 1.29 is 13.2 Å². The fourth-order valence-electron chi connectivity index (χ4n) is 3.90. The molecule has 2 aliphatic rings. The molecular weight excluding hydrogens is 265 g/mol. The fraction of sp³-hybridized carbons (Fsp3) is 0.600. The maximum Gasteiger partial charge on any atom is 0.396 e. The van der Waals surface area contributed by atoms with Crippen molar-refractivity contribution in [1.29, 1.82) is 0 Å². The highest BCUT2D eigenvalue weighted by Crippen LogP contribution is 2.61. The average Bonchev–Trinajstić information content (AvgIpc) is 2.69. The number of nitrogens with two attached hydrogens (primary N) is 1. The van der Waals surface area contributed by atoms with E-state index in [0.717, 1.165) is 18.7 Å². The molecule has 0 aromatic heterocycles. The molecule has 5 heteroatoms. The molecular formula is C15H19F3N2. The highest BCUT2D eigenvalue weighted by atomic mass is 19.4. The lowest BCUT2D eigenvalue weighted by Crippen LogP contribution is -2.60. The van der Waals surface area contributed by atoms with Crippen LogP contribution < -0.4 is 5.73 Å². The minimum Gasteiger partial charge on any atom is -0.330 e. The third kappa shape index (κ3) is 2.04. The minimum absolute atomic E-state index is 0.156. The van der Waals surface area contributed by atoms with Gasteiger partial charge in [-0.1, -0.05) is 30.3 Å². The topological polar surface area (TPSA) is 29.3 Å². The quantitative estimate of drug-likeness (QED) is 0.924. The van der Waals surface area contributed by atoms with Gasteiger partial charge in [-0.05, 0) is 23.8 Å². The van der Waals surface area contributed by atoms with Crippen molar-refractivity contribution >= 4 is 0 Å². The second-order valence-corrected chi connectivity index (χ2v) is 6.11. The monoisotopic (exact) mass is 284 g/mol. The minimum atomic E-state index is -4.17. The molecule has 1 aliphatic heterocycles. The van der Waals surface area contributed by atoms with Crippen LogP contribution >= 0.6 is 0 Å². The zero-order chi connectivity index (χ0) is 14.4. The van der Waals surface area contributed by atoms with Gasteiger partial charge in [-0.3, -0.25) is 4.90 Å². The van der Waals surface area contributed by atoms with Crippen LogP contribution in [0.25, 0.3) is 0 Å². The van der Waals surface area contributed by atoms with Crippen LogP contribution in [-0.2, 0) is 6.54 Å². The van der Waals surface area contributed by atoms with Crippen LogP contribution in [0.15, 0.2) is 30.3 Å². The Hall–Kier alpha value is -1.07. The van der Waals surface area contributed by atoms with Gasteiger partial charge in [0.15, 0.2) is 0 Å². The van der Waals surface area contributed by atoms with Crippen molar-refractivity contribution in [2.75, 3.05) is 19.6 Å². The second-order valence-electron chi connectivity index (χ2n) is 6.11. The fourth-order valence-corrected chi connectivity index (χ4v) is 3.90. The summed E-state index contributed by atoms with van der Waals surface area (Å²) in [5.74, 6) is -0.167. The molecule has 110 valence electrons. The van der Waals surface area contributed by atoms with E-state index in [1.807, 2.05) is 30.3 Å². The third-order valence-electron chi connectivity index (χ3n) is 5.03. The normalized spacial score (nSPS) is 33.8. The maximum absolute atomic E-state index is 13.2. The molecule has 20 heavy (non-hydrogen) atoms. The zero-order valence-corrected chi connectivity index (χ0v) is 11.2. The highest BCUT2D eigenvalue weighted by molar-refractivity contribution is 5.16.